The van der Waals surface area contributed by atoms with E-state index in [9.17, 15) is 9.50 Å². The first kappa shape index (κ1) is 12.9. The molecule has 4 N–H and O–H groups in total. The molecule has 1 aromatic carbocycles. The van der Waals surface area contributed by atoms with Crippen LogP contribution in [0.2, 0.25) is 0 Å². The number of phenolic OH excluding ortho intramolecular Hbond substituents is 1. The third kappa shape index (κ3) is 3.18. The summed E-state index contributed by atoms with van der Waals surface area (Å²) in [5, 5.41) is 18.9. The Balaban J connectivity index is 2.79. The van der Waals surface area contributed by atoms with Crippen molar-refractivity contribution in [2.45, 2.75) is 32.4 Å². The highest BCUT2D eigenvalue weighted by atomic mass is 19.1. The lowest BCUT2D eigenvalue weighted by Crippen LogP contribution is -2.29. The summed E-state index contributed by atoms with van der Waals surface area (Å²) in [5.41, 5.74) is 6.20. The Hall–Kier alpha value is -1.13. The highest BCUT2D eigenvalue weighted by Crippen LogP contribution is 2.24. The molecule has 0 saturated heterocycles. The monoisotopic (exact) mass is 227 g/mol. The first-order valence-electron chi connectivity index (χ1n) is 5.34. The van der Waals surface area contributed by atoms with Gasteiger partial charge in [-0.3, -0.25) is 0 Å². The van der Waals surface area contributed by atoms with Crippen LogP contribution in [0.4, 0.5) is 4.39 Å². The van der Waals surface area contributed by atoms with Gasteiger partial charge in [-0.2, -0.15) is 0 Å². The summed E-state index contributed by atoms with van der Waals surface area (Å²) in [6.07, 6.45) is -0.249. The smallest absolute Gasteiger partial charge is 0.165 e. The number of halogens is 1. The van der Waals surface area contributed by atoms with Crippen LogP contribution in [0.5, 0.6) is 5.75 Å². The fourth-order valence-corrected chi connectivity index (χ4v) is 1.63. The Kier molecular flexibility index (Phi) is 4.26. The van der Waals surface area contributed by atoms with Crippen LogP contribution in [0.25, 0.3) is 0 Å². The molecule has 2 atom stereocenters. The van der Waals surface area contributed by atoms with Gasteiger partial charge in [0.15, 0.2) is 11.6 Å². The molecule has 0 spiro atoms. The van der Waals surface area contributed by atoms with Gasteiger partial charge in [0.1, 0.15) is 0 Å². The number of aliphatic hydroxyl groups excluding tert-OH is 1. The van der Waals surface area contributed by atoms with E-state index in [4.69, 9.17) is 10.8 Å². The van der Waals surface area contributed by atoms with Crippen molar-refractivity contribution in [2.24, 2.45) is 11.7 Å². The molecule has 0 saturated carbocycles. The highest BCUT2D eigenvalue weighted by molar-refractivity contribution is 5.29. The average molecular weight is 227 g/mol. The van der Waals surface area contributed by atoms with E-state index in [2.05, 4.69) is 0 Å². The Morgan fingerprint density at radius 1 is 1.38 bits per heavy atom. The van der Waals surface area contributed by atoms with Gasteiger partial charge in [0.05, 0.1) is 6.10 Å². The lowest BCUT2D eigenvalue weighted by molar-refractivity contribution is 0.135. The van der Waals surface area contributed by atoms with Gasteiger partial charge in [-0.15, -0.1) is 0 Å². The molecule has 0 aromatic heterocycles. The number of rotatable bonds is 4. The minimum absolute atomic E-state index is 0.367. The molecule has 0 heterocycles. The van der Waals surface area contributed by atoms with Crippen molar-refractivity contribution < 1.29 is 14.6 Å². The number of aliphatic hydroxyl groups is 1. The second kappa shape index (κ2) is 5.27. The van der Waals surface area contributed by atoms with Crippen LogP contribution in [0, 0.1) is 11.7 Å². The van der Waals surface area contributed by atoms with Crippen molar-refractivity contribution in [3.05, 3.63) is 29.6 Å². The van der Waals surface area contributed by atoms with Crippen molar-refractivity contribution in [3.63, 3.8) is 0 Å². The van der Waals surface area contributed by atoms with E-state index in [0.29, 0.717) is 17.9 Å². The van der Waals surface area contributed by atoms with Gasteiger partial charge in [-0.25, -0.2) is 4.39 Å². The Morgan fingerprint density at radius 3 is 2.50 bits per heavy atom. The third-order valence-corrected chi connectivity index (χ3v) is 2.46. The second-order valence-corrected chi connectivity index (χ2v) is 4.45. The normalized spacial score (nSPS) is 15.1. The van der Waals surface area contributed by atoms with E-state index in [1.807, 2.05) is 13.8 Å². The summed E-state index contributed by atoms with van der Waals surface area (Å²) in [6.45, 7) is 4.01. The van der Waals surface area contributed by atoms with Crippen LogP contribution in [-0.4, -0.2) is 16.3 Å². The largest absolute Gasteiger partial charge is 0.505 e. The van der Waals surface area contributed by atoms with Crippen molar-refractivity contribution in [2.75, 3.05) is 0 Å². The van der Waals surface area contributed by atoms with Crippen molar-refractivity contribution in [3.8, 4) is 5.75 Å². The molecular formula is C12H18FNO2. The van der Waals surface area contributed by atoms with Gasteiger partial charge in [-0.05, 0) is 30.0 Å². The van der Waals surface area contributed by atoms with Crippen molar-refractivity contribution in [1.29, 1.82) is 0 Å². The van der Waals surface area contributed by atoms with Crippen LogP contribution in [0.1, 0.15) is 31.9 Å². The van der Waals surface area contributed by atoms with Gasteiger partial charge in [-0.1, -0.05) is 19.9 Å². The molecule has 0 bridgehead atoms. The maximum absolute atomic E-state index is 13.1. The lowest BCUT2D eigenvalue weighted by atomic mass is 9.95. The standard InChI is InChI=1S/C12H18FNO2/c1-7(2)5-10(14)12(16)8-3-4-11(15)9(13)6-8/h3-4,6-7,10,12,15-16H,5,14H2,1-2H3. The highest BCUT2D eigenvalue weighted by Gasteiger charge is 2.19. The fraction of sp³-hybridized carbons (Fsp3) is 0.500. The molecule has 0 aliphatic heterocycles. The summed E-state index contributed by atoms with van der Waals surface area (Å²) in [5.74, 6) is -0.798. The number of aromatic hydroxyl groups is 1. The van der Waals surface area contributed by atoms with E-state index in [1.165, 1.54) is 12.1 Å². The molecule has 4 heteroatoms. The summed E-state index contributed by atoms with van der Waals surface area (Å²) < 4.78 is 13.1. The molecule has 16 heavy (non-hydrogen) atoms. The van der Waals surface area contributed by atoms with E-state index in [1.54, 1.807) is 0 Å². The van der Waals surface area contributed by atoms with Gasteiger partial charge < -0.3 is 15.9 Å². The molecule has 0 aliphatic carbocycles. The quantitative estimate of drug-likeness (QED) is 0.736. The number of nitrogens with two attached hydrogens (primary N) is 1. The Bertz CT molecular complexity index is 355. The predicted octanol–water partition coefficient (Wildman–Crippen LogP) is 1.94. The minimum atomic E-state index is -0.905. The molecule has 0 fully saturated rings. The lowest BCUT2D eigenvalue weighted by Gasteiger charge is -2.21. The van der Waals surface area contributed by atoms with Crippen molar-refractivity contribution >= 4 is 0 Å². The van der Waals surface area contributed by atoms with Crippen LogP contribution in [0.15, 0.2) is 18.2 Å². The van der Waals surface area contributed by atoms with E-state index < -0.39 is 23.7 Å². The molecule has 2 unspecified atom stereocenters. The Labute approximate surface area is 94.7 Å². The van der Waals surface area contributed by atoms with Gasteiger partial charge in [0.25, 0.3) is 0 Å². The Morgan fingerprint density at radius 2 is 2.00 bits per heavy atom. The summed E-state index contributed by atoms with van der Waals surface area (Å²) >= 11 is 0. The number of hydrogen-bond acceptors (Lipinski definition) is 3. The van der Waals surface area contributed by atoms with E-state index >= 15 is 0 Å². The molecule has 0 amide bonds. The van der Waals surface area contributed by atoms with Crippen molar-refractivity contribution in [1.82, 2.24) is 0 Å². The molecule has 0 aliphatic rings. The molecule has 1 rings (SSSR count). The summed E-state index contributed by atoms with van der Waals surface area (Å²) in [6, 6.07) is 3.38. The zero-order valence-corrected chi connectivity index (χ0v) is 9.52. The van der Waals surface area contributed by atoms with Crippen LogP contribution in [-0.2, 0) is 0 Å². The van der Waals surface area contributed by atoms with Crippen LogP contribution in [0.3, 0.4) is 0 Å². The first-order valence-corrected chi connectivity index (χ1v) is 5.34. The predicted molar refractivity (Wildman–Crippen MR) is 60.5 cm³/mol. The fourth-order valence-electron chi connectivity index (χ4n) is 1.63. The maximum Gasteiger partial charge on any atom is 0.165 e. The summed E-state index contributed by atoms with van der Waals surface area (Å²) in [7, 11) is 0. The number of hydrogen-bond donors (Lipinski definition) is 3. The second-order valence-electron chi connectivity index (χ2n) is 4.45. The van der Waals surface area contributed by atoms with Gasteiger partial charge in [0, 0.05) is 6.04 Å². The molecule has 3 nitrogen and oxygen atoms in total. The molecule has 90 valence electrons. The first-order chi connectivity index (χ1) is 7.41. The number of phenols is 1. The van der Waals surface area contributed by atoms with Crippen LogP contribution >= 0.6 is 0 Å². The van der Waals surface area contributed by atoms with Gasteiger partial charge >= 0.3 is 0 Å². The van der Waals surface area contributed by atoms with E-state index in [0.717, 1.165) is 6.07 Å². The van der Waals surface area contributed by atoms with Gasteiger partial charge in [0.2, 0.25) is 0 Å². The van der Waals surface area contributed by atoms with E-state index in [-0.39, 0.29) is 0 Å². The average Bonchev–Trinajstić information content (AvgIpc) is 2.20. The SMILES string of the molecule is CC(C)CC(N)C(O)c1ccc(O)c(F)c1. The zero-order valence-electron chi connectivity index (χ0n) is 9.52. The molecular weight excluding hydrogens is 209 g/mol. The third-order valence-electron chi connectivity index (χ3n) is 2.46. The minimum Gasteiger partial charge on any atom is -0.505 e. The molecule has 0 radical (unpaired) electrons. The maximum atomic E-state index is 13.1. The molecule has 1 aromatic rings. The summed E-state index contributed by atoms with van der Waals surface area (Å²) in [4.78, 5) is 0. The zero-order chi connectivity index (χ0) is 12.3. The number of benzene rings is 1. The van der Waals surface area contributed by atoms with Crippen LogP contribution < -0.4 is 5.73 Å². The topological polar surface area (TPSA) is 66.5 Å².